The topological polar surface area (TPSA) is 107 Å². The van der Waals surface area contributed by atoms with Crippen molar-refractivity contribution in [1.29, 1.82) is 0 Å². The molecule has 0 radical (unpaired) electrons. The van der Waals surface area contributed by atoms with Crippen molar-refractivity contribution in [2.24, 2.45) is 11.8 Å². The molecule has 0 saturated heterocycles. The van der Waals surface area contributed by atoms with Crippen LogP contribution in [0.5, 0.6) is 0 Å². The molecule has 0 saturated carbocycles. The van der Waals surface area contributed by atoms with Gasteiger partial charge in [0.25, 0.3) is 10.1 Å². The Hall–Kier alpha value is -0.150. The Morgan fingerprint density at radius 2 is 1.48 bits per heavy atom. The fourth-order valence-corrected chi connectivity index (χ4v) is 1.78. The molecule has 0 aromatic rings. The summed E-state index contributed by atoms with van der Waals surface area (Å²) in [5.74, 6) is -1.93. The summed E-state index contributed by atoms with van der Waals surface area (Å²) in [5.41, 5.74) is 0. The van der Waals surface area contributed by atoms with Gasteiger partial charge in [0.1, 0.15) is 0 Å². The van der Waals surface area contributed by atoms with E-state index in [9.17, 15) is 18.0 Å². The van der Waals surface area contributed by atoms with E-state index < -0.39 is 33.7 Å². The van der Waals surface area contributed by atoms with Gasteiger partial charge in [-0.1, -0.05) is 27.7 Å². The Bertz CT molecular complexity index is 437. The second-order valence-electron chi connectivity index (χ2n) is 5.31. The van der Waals surface area contributed by atoms with Crippen LogP contribution in [-0.2, 0) is 29.2 Å². The van der Waals surface area contributed by atoms with Crippen LogP contribution in [0.25, 0.3) is 0 Å². The van der Waals surface area contributed by atoms with Crippen LogP contribution in [0.15, 0.2) is 0 Å². The summed E-state index contributed by atoms with van der Waals surface area (Å²) in [6, 6.07) is 0. The van der Waals surface area contributed by atoms with E-state index in [0.717, 1.165) is 0 Å². The summed E-state index contributed by atoms with van der Waals surface area (Å²) >= 11 is 0. The molecule has 0 fully saturated rings. The minimum absolute atomic E-state index is 0. The minimum atomic E-state index is -4.72. The molecule has 0 aromatic heterocycles. The van der Waals surface area contributed by atoms with Crippen LogP contribution in [-0.4, -0.2) is 43.4 Å². The van der Waals surface area contributed by atoms with Gasteiger partial charge in [-0.2, -0.15) is 8.42 Å². The van der Waals surface area contributed by atoms with E-state index in [1.54, 1.807) is 13.8 Å². The van der Waals surface area contributed by atoms with Crippen molar-refractivity contribution in [3.8, 4) is 0 Å². The molecule has 7 nitrogen and oxygen atoms in total. The monoisotopic (exact) mass is 334 g/mol. The van der Waals surface area contributed by atoms with Gasteiger partial charge in [0.05, 0.1) is 19.6 Å². The summed E-state index contributed by atoms with van der Waals surface area (Å²) < 4.78 is 40.8. The van der Waals surface area contributed by atoms with Crippen molar-refractivity contribution in [2.75, 3.05) is 13.2 Å². The molecular weight excluding hydrogens is 311 g/mol. The molecule has 0 aromatic carbocycles. The van der Waals surface area contributed by atoms with Gasteiger partial charge in [0.15, 0.2) is 5.25 Å². The maximum absolute atomic E-state index is 11.6. The van der Waals surface area contributed by atoms with Gasteiger partial charge < -0.3 is 10.9 Å². The van der Waals surface area contributed by atoms with Crippen molar-refractivity contribution in [2.45, 2.75) is 39.4 Å². The van der Waals surface area contributed by atoms with Gasteiger partial charge in [-0.15, -0.1) is 0 Å². The largest absolute Gasteiger partial charge is 1.00 e. The fourth-order valence-electron chi connectivity index (χ4n) is 1.12. The Balaban J connectivity index is -0.00000180. The van der Waals surface area contributed by atoms with Crippen LogP contribution in [0.1, 0.15) is 35.5 Å². The van der Waals surface area contributed by atoms with Crippen molar-refractivity contribution in [3.05, 3.63) is 0 Å². The van der Waals surface area contributed by atoms with Crippen molar-refractivity contribution < 1.29 is 63.0 Å². The molecular formula is C12H23NaO7S. The molecule has 120 valence electrons. The number of hydrogen-bond acceptors (Lipinski definition) is 6. The Labute approximate surface area is 149 Å². The SMILES string of the molecule is CC(C)COC(=O)CC(C(=O)OCC(C)C)S(=O)(=O)O.[H-].[Na+]. The van der Waals surface area contributed by atoms with Gasteiger partial charge in [-0.3, -0.25) is 14.1 Å². The first kappa shape index (κ1) is 23.1. The molecule has 0 amide bonds. The third kappa shape index (κ3) is 11.1. The zero-order valence-electron chi connectivity index (χ0n) is 14.2. The Morgan fingerprint density at radius 3 is 1.86 bits per heavy atom. The smallest absolute Gasteiger partial charge is 1.00 e. The molecule has 1 atom stereocenters. The molecule has 0 rings (SSSR count). The zero-order chi connectivity index (χ0) is 15.9. The van der Waals surface area contributed by atoms with E-state index in [2.05, 4.69) is 0 Å². The van der Waals surface area contributed by atoms with Crippen LogP contribution < -0.4 is 29.6 Å². The van der Waals surface area contributed by atoms with E-state index >= 15 is 0 Å². The maximum Gasteiger partial charge on any atom is 1.00 e. The van der Waals surface area contributed by atoms with Crippen LogP contribution in [0.2, 0.25) is 0 Å². The van der Waals surface area contributed by atoms with E-state index in [1.807, 2.05) is 13.8 Å². The predicted molar refractivity (Wildman–Crippen MR) is 72.7 cm³/mol. The minimum Gasteiger partial charge on any atom is -1.00 e. The molecule has 0 spiro atoms. The molecule has 0 heterocycles. The quantitative estimate of drug-likeness (QED) is 0.315. The second kappa shape index (κ2) is 10.6. The fraction of sp³-hybridized carbons (Fsp3) is 0.833. The third-order valence-electron chi connectivity index (χ3n) is 2.11. The summed E-state index contributed by atoms with van der Waals surface area (Å²) in [5, 5.41) is -1.94. The van der Waals surface area contributed by atoms with Crippen LogP contribution in [0, 0.1) is 11.8 Å². The van der Waals surface area contributed by atoms with E-state index in [1.165, 1.54) is 0 Å². The van der Waals surface area contributed by atoms with Gasteiger partial charge in [-0.25, -0.2) is 0 Å². The molecule has 0 aliphatic rings. The third-order valence-corrected chi connectivity index (χ3v) is 3.19. The summed E-state index contributed by atoms with van der Waals surface area (Å²) in [6.45, 7) is 7.28. The van der Waals surface area contributed by atoms with E-state index in [4.69, 9.17) is 14.0 Å². The van der Waals surface area contributed by atoms with Gasteiger partial charge in [0, 0.05) is 0 Å². The molecule has 1 N–H and O–H groups in total. The van der Waals surface area contributed by atoms with Gasteiger partial charge in [0.2, 0.25) is 0 Å². The first-order valence-corrected chi connectivity index (χ1v) is 7.83. The second-order valence-corrected chi connectivity index (χ2v) is 6.91. The van der Waals surface area contributed by atoms with Gasteiger partial charge >= 0.3 is 41.5 Å². The molecule has 1 unspecified atom stereocenters. The van der Waals surface area contributed by atoms with Crippen LogP contribution in [0.4, 0.5) is 0 Å². The normalized spacial score (nSPS) is 12.7. The number of carbonyl (C=O) groups excluding carboxylic acids is 2. The van der Waals surface area contributed by atoms with Crippen LogP contribution in [0.3, 0.4) is 0 Å². The number of hydrogen-bond donors (Lipinski definition) is 1. The van der Waals surface area contributed by atoms with Crippen molar-refractivity contribution in [3.63, 3.8) is 0 Å². The maximum atomic E-state index is 11.6. The molecule has 0 aliphatic heterocycles. The zero-order valence-corrected chi connectivity index (χ0v) is 16.0. The average Bonchev–Trinajstić information content (AvgIpc) is 2.28. The molecule has 21 heavy (non-hydrogen) atoms. The molecule has 0 aliphatic carbocycles. The van der Waals surface area contributed by atoms with Crippen molar-refractivity contribution in [1.82, 2.24) is 0 Å². The standard InChI is InChI=1S/C12H22O7S.Na.H/c1-8(2)6-18-11(13)5-10(20(15,16)17)12(14)19-7-9(3)4;;/h8-10H,5-7H2,1-4H3,(H,15,16,17);;/q;+1;-1. The average molecular weight is 334 g/mol. The summed E-state index contributed by atoms with van der Waals surface area (Å²) in [4.78, 5) is 23.0. The first-order valence-electron chi connectivity index (χ1n) is 6.32. The predicted octanol–water partition coefficient (Wildman–Crippen LogP) is -1.85. The first-order chi connectivity index (χ1) is 9.04. The molecule has 0 bridgehead atoms. The number of rotatable bonds is 8. The van der Waals surface area contributed by atoms with E-state index in [0.29, 0.717) is 0 Å². The molecule has 9 heteroatoms. The van der Waals surface area contributed by atoms with E-state index in [-0.39, 0.29) is 56.0 Å². The number of esters is 2. The summed E-state index contributed by atoms with van der Waals surface area (Å²) in [6.07, 6.45) is -0.761. The van der Waals surface area contributed by atoms with Gasteiger partial charge in [-0.05, 0) is 11.8 Å². The number of ether oxygens (including phenoxy) is 2. The van der Waals surface area contributed by atoms with Crippen LogP contribution >= 0.6 is 0 Å². The summed E-state index contributed by atoms with van der Waals surface area (Å²) in [7, 11) is -4.72. The Morgan fingerprint density at radius 1 is 1.05 bits per heavy atom. The Kier molecular flexibility index (Phi) is 11.6. The van der Waals surface area contributed by atoms with Crippen molar-refractivity contribution >= 4 is 22.1 Å². The number of carbonyl (C=O) groups is 2.